The minimum Gasteiger partial charge on any atom is -0.415 e. The van der Waals surface area contributed by atoms with E-state index >= 15 is 0 Å². The maximum Gasteiger partial charge on any atom is 0.337 e. The van der Waals surface area contributed by atoms with Crippen molar-refractivity contribution in [3.8, 4) is 0 Å². The van der Waals surface area contributed by atoms with Crippen molar-refractivity contribution in [3.05, 3.63) is 25.3 Å². The number of quaternary nitrogens is 1. The number of hydrogen-bond acceptors (Lipinski definition) is 4. The summed E-state index contributed by atoms with van der Waals surface area (Å²) in [7, 11) is -1.92. The minimum atomic E-state index is -1.91. The van der Waals surface area contributed by atoms with Crippen molar-refractivity contribution in [2.45, 2.75) is 77.8 Å². The lowest BCUT2D eigenvalue weighted by molar-refractivity contribution is -0.831. The third-order valence-corrected chi connectivity index (χ3v) is 16.6. The number of carbonyl (C=O) groups excluding carboxylic acids is 2. The van der Waals surface area contributed by atoms with Gasteiger partial charge >= 0.3 is 5.91 Å². The highest BCUT2D eigenvalue weighted by molar-refractivity contribution is 6.74. The number of nitrogens with zero attached hydrogens (tertiary/aromatic N) is 2. The van der Waals surface area contributed by atoms with Gasteiger partial charge in [-0.05, 0) is 42.3 Å². The van der Waals surface area contributed by atoms with Gasteiger partial charge in [-0.15, -0.1) is 0 Å². The van der Waals surface area contributed by atoms with Crippen LogP contribution in [0.4, 0.5) is 0 Å². The predicted molar refractivity (Wildman–Crippen MR) is 144 cm³/mol. The zero-order valence-corrected chi connectivity index (χ0v) is 25.3. The van der Waals surface area contributed by atoms with E-state index in [1.54, 1.807) is 4.90 Å². The van der Waals surface area contributed by atoms with Crippen molar-refractivity contribution < 1.29 is 22.9 Å². The van der Waals surface area contributed by atoms with Crippen LogP contribution in [0, 0.1) is 0 Å². The molecule has 0 aromatic heterocycles. The zero-order valence-electron chi connectivity index (χ0n) is 23.3. The van der Waals surface area contributed by atoms with Crippen molar-refractivity contribution in [2.75, 3.05) is 46.4 Å². The van der Waals surface area contributed by atoms with Gasteiger partial charge in [0.15, 0.2) is 16.6 Å². The summed E-state index contributed by atoms with van der Waals surface area (Å²) in [5, 5.41) is 0.215. The van der Waals surface area contributed by atoms with Crippen LogP contribution in [-0.4, -0.2) is 84.3 Å². The van der Waals surface area contributed by atoms with Crippen LogP contribution in [0.1, 0.15) is 41.5 Å². The summed E-state index contributed by atoms with van der Waals surface area (Å²) < 4.78 is 12.7. The highest BCUT2D eigenvalue weighted by atomic mass is 28.4. The van der Waals surface area contributed by atoms with Gasteiger partial charge in [0.1, 0.15) is 13.1 Å². The largest absolute Gasteiger partial charge is 0.415 e. The lowest BCUT2D eigenvalue weighted by atomic mass is 10.2. The van der Waals surface area contributed by atoms with Gasteiger partial charge in [0, 0.05) is 12.6 Å². The first-order valence-corrected chi connectivity index (χ1v) is 17.8. The predicted octanol–water partition coefficient (Wildman–Crippen LogP) is 5.20. The van der Waals surface area contributed by atoms with E-state index in [-0.39, 0.29) is 26.4 Å². The normalized spacial score (nSPS) is 15.0. The van der Waals surface area contributed by atoms with Crippen LogP contribution in [0.15, 0.2) is 25.3 Å². The standard InChI is InChI=1S/C25H51N2O4Si2/c1-14-22(28)26(17-20-30-32(10,11)24(3,4)5)16-18-27(9,23(29)15-2)19-21-31-33(12,13)25(6,7)8/h14-15H,1-2,16-21H2,3-13H3/q+1. The fourth-order valence-corrected chi connectivity index (χ4v) is 4.77. The Morgan fingerprint density at radius 2 is 1.27 bits per heavy atom. The van der Waals surface area contributed by atoms with Gasteiger partial charge in [-0.2, -0.15) is 0 Å². The summed E-state index contributed by atoms with van der Waals surface area (Å²) >= 11 is 0. The molecule has 0 aromatic carbocycles. The van der Waals surface area contributed by atoms with Crippen molar-refractivity contribution in [1.29, 1.82) is 0 Å². The SMILES string of the molecule is C=CC(=O)N(CCO[Si](C)(C)C(C)(C)C)CC[N+](C)(CCO[Si](C)(C)C(C)(C)C)C(=O)C=C. The van der Waals surface area contributed by atoms with Crippen LogP contribution in [0.2, 0.25) is 36.3 Å². The van der Waals surface area contributed by atoms with Crippen LogP contribution in [0.3, 0.4) is 0 Å². The maximum atomic E-state index is 12.8. The number of hydrogen-bond donors (Lipinski definition) is 0. The van der Waals surface area contributed by atoms with Gasteiger partial charge in [-0.3, -0.25) is 9.28 Å². The molecule has 0 heterocycles. The molecule has 0 aliphatic rings. The van der Waals surface area contributed by atoms with E-state index in [2.05, 4.69) is 80.9 Å². The molecule has 1 atom stereocenters. The van der Waals surface area contributed by atoms with E-state index in [9.17, 15) is 9.59 Å². The van der Waals surface area contributed by atoms with Gasteiger partial charge in [0.25, 0.3) is 0 Å². The molecule has 192 valence electrons. The molecule has 0 rings (SSSR count). The minimum absolute atomic E-state index is 0.0719. The van der Waals surface area contributed by atoms with E-state index in [0.717, 1.165) is 0 Å². The Bertz CT molecular complexity index is 694. The Hall–Kier alpha value is -1.07. The molecule has 1 unspecified atom stereocenters. The van der Waals surface area contributed by atoms with Crippen molar-refractivity contribution in [3.63, 3.8) is 0 Å². The first kappa shape index (κ1) is 31.9. The maximum absolute atomic E-state index is 12.8. The fourth-order valence-electron chi connectivity index (χ4n) is 2.70. The van der Waals surface area contributed by atoms with Gasteiger partial charge in [-0.1, -0.05) is 54.7 Å². The third kappa shape index (κ3) is 9.60. The van der Waals surface area contributed by atoms with E-state index in [1.807, 2.05) is 7.05 Å². The Morgan fingerprint density at radius 1 is 0.818 bits per heavy atom. The van der Waals surface area contributed by atoms with Crippen LogP contribution < -0.4 is 0 Å². The Balaban J connectivity index is 5.25. The zero-order chi connectivity index (χ0) is 26.3. The number of carbonyl (C=O) groups is 2. The summed E-state index contributed by atoms with van der Waals surface area (Å²) in [6.45, 7) is 32.2. The van der Waals surface area contributed by atoms with Gasteiger partial charge in [-0.25, -0.2) is 4.79 Å². The number of rotatable bonds is 13. The molecule has 0 aliphatic carbocycles. The summed E-state index contributed by atoms with van der Waals surface area (Å²) in [5.41, 5.74) is 0. The molecule has 0 bridgehead atoms. The second-order valence-electron chi connectivity index (χ2n) is 12.1. The molecule has 0 radical (unpaired) electrons. The van der Waals surface area contributed by atoms with Crippen molar-refractivity contribution >= 4 is 28.4 Å². The summed E-state index contributed by atoms with van der Waals surface area (Å²) in [5.74, 6) is -0.221. The smallest absolute Gasteiger partial charge is 0.337 e. The Morgan fingerprint density at radius 3 is 1.67 bits per heavy atom. The monoisotopic (exact) mass is 499 g/mol. The first-order valence-electron chi connectivity index (χ1n) is 11.9. The van der Waals surface area contributed by atoms with E-state index in [0.29, 0.717) is 39.4 Å². The molecule has 0 N–H and O–H groups in total. The number of amides is 2. The lowest BCUT2D eigenvalue weighted by Crippen LogP contribution is -2.55. The van der Waals surface area contributed by atoms with Crippen LogP contribution in [-0.2, 0) is 18.4 Å². The fraction of sp³-hybridized carbons (Fsp3) is 0.760. The topological polar surface area (TPSA) is 55.8 Å². The van der Waals surface area contributed by atoms with Gasteiger partial charge < -0.3 is 13.8 Å². The van der Waals surface area contributed by atoms with Crippen LogP contribution >= 0.6 is 0 Å². The molecule has 2 amide bonds. The molecule has 0 saturated carbocycles. The first-order chi connectivity index (χ1) is 14.7. The molecule has 0 spiro atoms. The molecule has 33 heavy (non-hydrogen) atoms. The number of likely N-dealkylation sites (N-methyl/N-ethyl adjacent to an activating group) is 1. The van der Waals surface area contributed by atoms with E-state index in [4.69, 9.17) is 8.85 Å². The second kappa shape index (κ2) is 12.1. The van der Waals surface area contributed by atoms with Crippen LogP contribution in [0.5, 0.6) is 0 Å². The van der Waals surface area contributed by atoms with Gasteiger partial charge in [0.05, 0.1) is 26.8 Å². The second-order valence-corrected chi connectivity index (χ2v) is 21.8. The average Bonchev–Trinajstić information content (AvgIpc) is 2.67. The van der Waals surface area contributed by atoms with Gasteiger partial charge in [0.2, 0.25) is 5.91 Å². The van der Waals surface area contributed by atoms with Crippen molar-refractivity contribution in [2.24, 2.45) is 0 Å². The molecule has 6 nitrogen and oxygen atoms in total. The summed E-state index contributed by atoms with van der Waals surface area (Å²) in [6, 6.07) is 0. The molecule has 0 aromatic rings. The molecular weight excluding hydrogens is 448 g/mol. The molecule has 0 fully saturated rings. The Labute approximate surface area is 205 Å². The highest BCUT2D eigenvalue weighted by Crippen LogP contribution is 2.37. The van der Waals surface area contributed by atoms with E-state index in [1.165, 1.54) is 12.2 Å². The Kier molecular flexibility index (Phi) is 11.7. The quantitative estimate of drug-likeness (QED) is 0.198. The summed E-state index contributed by atoms with van der Waals surface area (Å²) in [4.78, 5) is 27.0. The van der Waals surface area contributed by atoms with Crippen molar-refractivity contribution in [1.82, 2.24) is 4.90 Å². The van der Waals surface area contributed by atoms with Crippen LogP contribution in [0.25, 0.3) is 0 Å². The highest BCUT2D eigenvalue weighted by Gasteiger charge is 2.39. The lowest BCUT2D eigenvalue weighted by Gasteiger charge is -2.38. The molecule has 8 heteroatoms. The summed E-state index contributed by atoms with van der Waals surface area (Å²) in [6.07, 6.45) is 2.69. The molecule has 0 saturated heterocycles. The molecule has 0 aliphatic heterocycles. The molecular formula is C25H51N2O4Si2+. The average molecular weight is 500 g/mol. The van der Waals surface area contributed by atoms with E-state index < -0.39 is 16.6 Å². The third-order valence-electron chi connectivity index (χ3n) is 7.54.